The first-order valence-electron chi connectivity index (χ1n) is 6.64. The van der Waals surface area contributed by atoms with Gasteiger partial charge in [0.1, 0.15) is 0 Å². The molecule has 1 aliphatic heterocycles. The van der Waals surface area contributed by atoms with E-state index < -0.39 is 0 Å². The van der Waals surface area contributed by atoms with Crippen LogP contribution in [0.1, 0.15) is 32.4 Å². The van der Waals surface area contributed by atoms with Gasteiger partial charge >= 0.3 is 0 Å². The zero-order valence-electron chi connectivity index (χ0n) is 11.7. The van der Waals surface area contributed by atoms with E-state index in [4.69, 9.17) is 0 Å². The molecule has 0 bridgehead atoms. The Morgan fingerprint density at radius 3 is 2.74 bits per heavy atom. The Morgan fingerprint density at radius 1 is 1.42 bits per heavy atom. The van der Waals surface area contributed by atoms with Crippen LogP contribution in [-0.4, -0.2) is 35.0 Å². The van der Waals surface area contributed by atoms with Crippen LogP contribution in [0.5, 0.6) is 0 Å². The first-order chi connectivity index (χ1) is 8.93. The zero-order valence-corrected chi connectivity index (χ0v) is 11.7. The third-order valence-corrected chi connectivity index (χ3v) is 3.92. The van der Waals surface area contributed by atoms with Crippen LogP contribution in [0.2, 0.25) is 0 Å². The predicted molar refractivity (Wildman–Crippen MR) is 75.2 cm³/mol. The second-order valence-electron chi connectivity index (χ2n) is 5.67. The van der Waals surface area contributed by atoms with E-state index in [1.165, 1.54) is 0 Å². The Kier molecular flexibility index (Phi) is 3.87. The molecule has 0 aromatic heterocycles. The van der Waals surface area contributed by atoms with Gasteiger partial charge in [0.25, 0.3) is 5.69 Å². The SMILES string of the molecule is CC(c1ccccc1[N+](=O)[O-])N1CCNCC1(C)C. The highest BCUT2D eigenvalue weighted by molar-refractivity contribution is 5.42. The van der Waals surface area contributed by atoms with Gasteiger partial charge in [0.2, 0.25) is 0 Å². The molecule has 0 saturated carbocycles. The molecule has 1 N–H and O–H groups in total. The minimum absolute atomic E-state index is 0.00137. The third-order valence-electron chi connectivity index (χ3n) is 3.92. The molecule has 19 heavy (non-hydrogen) atoms. The molecular formula is C14H21N3O2. The molecule has 1 aliphatic rings. The number of nitrogens with zero attached hydrogens (tertiary/aromatic N) is 2. The van der Waals surface area contributed by atoms with Gasteiger partial charge in [0.15, 0.2) is 0 Å². The summed E-state index contributed by atoms with van der Waals surface area (Å²) in [7, 11) is 0. The van der Waals surface area contributed by atoms with Gasteiger partial charge in [0.05, 0.1) is 4.92 Å². The third kappa shape index (κ3) is 2.77. The maximum Gasteiger partial charge on any atom is 0.274 e. The number of para-hydroxylation sites is 1. The summed E-state index contributed by atoms with van der Waals surface area (Å²) in [6.45, 7) is 9.12. The Hall–Kier alpha value is -1.46. The van der Waals surface area contributed by atoms with Crippen molar-refractivity contribution in [3.8, 4) is 0 Å². The predicted octanol–water partition coefficient (Wildman–Crippen LogP) is 2.34. The summed E-state index contributed by atoms with van der Waals surface area (Å²) in [5, 5.41) is 14.5. The smallest absolute Gasteiger partial charge is 0.274 e. The van der Waals surface area contributed by atoms with Crippen LogP contribution in [0.25, 0.3) is 0 Å². The molecule has 2 rings (SSSR count). The fourth-order valence-electron chi connectivity index (χ4n) is 2.89. The van der Waals surface area contributed by atoms with Gasteiger partial charge in [0, 0.05) is 42.8 Å². The van der Waals surface area contributed by atoms with E-state index in [1.54, 1.807) is 12.1 Å². The first kappa shape index (κ1) is 14.0. The van der Waals surface area contributed by atoms with E-state index in [-0.39, 0.29) is 22.2 Å². The standard InChI is InChI=1S/C14H21N3O2/c1-11(16-9-8-15-10-14(16,2)3)12-6-4-5-7-13(12)17(18)19/h4-7,11,15H,8-10H2,1-3H3. The minimum atomic E-state index is -0.291. The lowest BCUT2D eigenvalue weighted by Gasteiger charge is -2.46. The van der Waals surface area contributed by atoms with E-state index in [0.717, 1.165) is 25.2 Å². The van der Waals surface area contributed by atoms with Crippen LogP contribution in [-0.2, 0) is 0 Å². The number of benzene rings is 1. The number of hydrogen-bond acceptors (Lipinski definition) is 4. The molecule has 5 heteroatoms. The highest BCUT2D eigenvalue weighted by Gasteiger charge is 2.35. The Labute approximate surface area is 113 Å². The normalized spacial score (nSPS) is 21.0. The molecule has 1 atom stereocenters. The van der Waals surface area contributed by atoms with Crippen LogP contribution in [0.15, 0.2) is 24.3 Å². The topological polar surface area (TPSA) is 58.4 Å². The van der Waals surface area contributed by atoms with Crippen molar-refractivity contribution in [1.82, 2.24) is 10.2 Å². The van der Waals surface area contributed by atoms with Crippen molar-refractivity contribution in [3.63, 3.8) is 0 Å². The van der Waals surface area contributed by atoms with Crippen LogP contribution in [0, 0.1) is 10.1 Å². The summed E-state index contributed by atoms with van der Waals surface area (Å²) in [5.41, 5.74) is 1.01. The van der Waals surface area contributed by atoms with E-state index >= 15 is 0 Å². The van der Waals surface area contributed by atoms with Crippen molar-refractivity contribution in [3.05, 3.63) is 39.9 Å². The molecule has 0 amide bonds. The lowest BCUT2D eigenvalue weighted by atomic mass is 9.94. The van der Waals surface area contributed by atoms with Crippen LogP contribution in [0.3, 0.4) is 0 Å². The number of piperazine rings is 1. The van der Waals surface area contributed by atoms with Gasteiger partial charge in [-0.1, -0.05) is 18.2 Å². The fraction of sp³-hybridized carbons (Fsp3) is 0.571. The van der Waals surface area contributed by atoms with E-state index in [9.17, 15) is 10.1 Å². The van der Waals surface area contributed by atoms with Gasteiger partial charge in [-0.25, -0.2) is 0 Å². The van der Waals surface area contributed by atoms with Gasteiger partial charge in [-0.15, -0.1) is 0 Å². The average Bonchev–Trinajstić information content (AvgIpc) is 2.37. The Morgan fingerprint density at radius 2 is 2.11 bits per heavy atom. The Balaban J connectivity index is 2.33. The van der Waals surface area contributed by atoms with Crippen molar-refractivity contribution >= 4 is 5.69 Å². The van der Waals surface area contributed by atoms with Gasteiger partial charge in [-0.05, 0) is 20.8 Å². The highest BCUT2D eigenvalue weighted by Crippen LogP contribution is 2.33. The van der Waals surface area contributed by atoms with E-state index in [1.807, 2.05) is 12.1 Å². The summed E-state index contributed by atoms with van der Waals surface area (Å²) in [6.07, 6.45) is 0. The quantitative estimate of drug-likeness (QED) is 0.671. The number of nitro benzene ring substituents is 1. The molecule has 1 unspecified atom stereocenters. The van der Waals surface area contributed by atoms with Crippen LogP contribution >= 0.6 is 0 Å². The number of nitrogens with one attached hydrogen (secondary N) is 1. The summed E-state index contributed by atoms with van der Waals surface area (Å²) in [5.74, 6) is 0. The number of rotatable bonds is 3. The lowest BCUT2D eigenvalue weighted by molar-refractivity contribution is -0.386. The number of nitro groups is 1. The molecule has 0 aliphatic carbocycles. The summed E-state index contributed by atoms with van der Waals surface area (Å²) >= 11 is 0. The van der Waals surface area contributed by atoms with E-state index in [2.05, 4.69) is 31.0 Å². The highest BCUT2D eigenvalue weighted by atomic mass is 16.6. The molecule has 0 spiro atoms. The van der Waals surface area contributed by atoms with Gasteiger partial charge < -0.3 is 5.32 Å². The molecule has 1 aromatic carbocycles. The van der Waals surface area contributed by atoms with Gasteiger partial charge in [-0.2, -0.15) is 0 Å². The molecule has 0 radical (unpaired) electrons. The molecule has 1 aromatic rings. The van der Waals surface area contributed by atoms with Crippen molar-refractivity contribution in [2.45, 2.75) is 32.4 Å². The second-order valence-corrected chi connectivity index (χ2v) is 5.67. The summed E-state index contributed by atoms with van der Waals surface area (Å²) in [4.78, 5) is 13.2. The molecule has 104 valence electrons. The zero-order chi connectivity index (χ0) is 14.0. The van der Waals surface area contributed by atoms with Crippen molar-refractivity contribution in [2.24, 2.45) is 0 Å². The Bertz CT molecular complexity index is 474. The molecule has 1 saturated heterocycles. The molecule has 1 heterocycles. The maximum atomic E-state index is 11.1. The average molecular weight is 263 g/mol. The van der Waals surface area contributed by atoms with Crippen LogP contribution < -0.4 is 5.32 Å². The number of hydrogen-bond donors (Lipinski definition) is 1. The van der Waals surface area contributed by atoms with Gasteiger partial charge in [-0.3, -0.25) is 15.0 Å². The second kappa shape index (κ2) is 5.27. The lowest BCUT2D eigenvalue weighted by Crippen LogP contribution is -2.58. The summed E-state index contributed by atoms with van der Waals surface area (Å²) < 4.78 is 0. The fourth-order valence-corrected chi connectivity index (χ4v) is 2.89. The minimum Gasteiger partial charge on any atom is -0.314 e. The maximum absolute atomic E-state index is 11.1. The summed E-state index contributed by atoms with van der Waals surface area (Å²) in [6, 6.07) is 7.08. The van der Waals surface area contributed by atoms with Crippen molar-refractivity contribution < 1.29 is 4.92 Å². The first-order valence-corrected chi connectivity index (χ1v) is 6.64. The largest absolute Gasteiger partial charge is 0.314 e. The molecular weight excluding hydrogens is 242 g/mol. The molecule has 5 nitrogen and oxygen atoms in total. The van der Waals surface area contributed by atoms with Crippen LogP contribution in [0.4, 0.5) is 5.69 Å². The van der Waals surface area contributed by atoms with E-state index in [0.29, 0.717) is 0 Å². The van der Waals surface area contributed by atoms with Crippen molar-refractivity contribution in [1.29, 1.82) is 0 Å². The monoisotopic (exact) mass is 263 g/mol. The van der Waals surface area contributed by atoms with Crippen molar-refractivity contribution in [2.75, 3.05) is 19.6 Å². The molecule has 1 fully saturated rings.